The molecule has 0 amide bonds. The van der Waals surface area contributed by atoms with Crippen LogP contribution in [0.4, 0.5) is 11.4 Å². The van der Waals surface area contributed by atoms with E-state index in [0.717, 1.165) is 22.6 Å². The summed E-state index contributed by atoms with van der Waals surface area (Å²) in [5.74, 6) is 1.59. The van der Waals surface area contributed by atoms with Gasteiger partial charge in [0.2, 0.25) is 0 Å². The maximum absolute atomic E-state index is 6.97. The van der Waals surface area contributed by atoms with Crippen molar-refractivity contribution in [2.75, 3.05) is 11.5 Å². The molecule has 0 saturated heterocycles. The van der Waals surface area contributed by atoms with Crippen LogP contribution in [0.5, 0.6) is 11.5 Å². The zero-order valence-corrected chi connectivity index (χ0v) is 26.9. The Morgan fingerprint density at radius 1 is 0.472 bits per heavy atom. The zero-order valence-electron chi connectivity index (χ0n) is 24.9. The lowest BCUT2D eigenvalue weighted by molar-refractivity contribution is 0.481. The van der Waals surface area contributed by atoms with E-state index < -0.39 is 16.6 Å². The molecule has 2 aromatic rings. The number of hydrogen-bond donors (Lipinski definition) is 2. The summed E-state index contributed by atoms with van der Waals surface area (Å²) in [5.41, 5.74) is 19.3. The molecule has 202 valence electrons. The highest BCUT2D eigenvalue weighted by atomic mass is 28.4. The number of anilines is 2. The third-order valence-electron chi connectivity index (χ3n) is 8.35. The molecule has 0 aromatic heterocycles. The molecule has 2 aromatic carbocycles. The Morgan fingerprint density at radius 3 is 0.944 bits per heavy atom. The van der Waals surface area contributed by atoms with Gasteiger partial charge in [-0.2, -0.15) is 0 Å². The summed E-state index contributed by atoms with van der Waals surface area (Å²) in [4.78, 5) is 0. The van der Waals surface area contributed by atoms with Gasteiger partial charge in [-0.05, 0) is 68.6 Å². The highest BCUT2D eigenvalue weighted by molar-refractivity contribution is 6.78. The second-order valence-corrected chi connectivity index (χ2v) is 23.1. The van der Waals surface area contributed by atoms with E-state index in [0.29, 0.717) is 44.6 Å². The van der Waals surface area contributed by atoms with Crippen molar-refractivity contribution < 1.29 is 8.85 Å². The fraction of sp³-hybridized carbons (Fsp3) is 0.600. The van der Waals surface area contributed by atoms with Crippen molar-refractivity contribution in [1.82, 2.24) is 0 Å². The van der Waals surface area contributed by atoms with Gasteiger partial charge in [-0.15, -0.1) is 0 Å². The lowest BCUT2D eigenvalue weighted by Gasteiger charge is -2.42. The van der Waals surface area contributed by atoms with Crippen LogP contribution in [0.1, 0.15) is 83.1 Å². The molecule has 0 aliphatic rings. The maximum atomic E-state index is 6.97. The number of benzene rings is 2. The molecule has 0 aliphatic heterocycles. The first-order valence-electron chi connectivity index (χ1n) is 13.8. The van der Waals surface area contributed by atoms with Gasteiger partial charge in [0.05, 0.1) is 11.4 Å². The van der Waals surface area contributed by atoms with Crippen molar-refractivity contribution in [3.63, 3.8) is 0 Å². The summed E-state index contributed by atoms with van der Waals surface area (Å²) >= 11 is 0. The Kier molecular flexibility index (Phi) is 9.79. The molecule has 6 heteroatoms. The average molecular weight is 529 g/mol. The summed E-state index contributed by atoms with van der Waals surface area (Å²) in [5, 5.41) is 0. The second kappa shape index (κ2) is 11.6. The molecule has 2 rings (SSSR count). The minimum Gasteiger partial charge on any atom is -0.541 e. The minimum atomic E-state index is -2.13. The van der Waals surface area contributed by atoms with Gasteiger partial charge < -0.3 is 20.3 Å². The molecule has 0 heterocycles. The maximum Gasteiger partial charge on any atom is 0.258 e. The van der Waals surface area contributed by atoms with Crippen molar-refractivity contribution in [2.45, 2.75) is 116 Å². The molecule has 0 aliphatic carbocycles. The summed E-state index contributed by atoms with van der Waals surface area (Å²) in [6.45, 7) is 27.5. The fourth-order valence-corrected chi connectivity index (χ4v) is 17.2. The van der Waals surface area contributed by atoms with Crippen LogP contribution in [0.2, 0.25) is 33.2 Å². The highest BCUT2D eigenvalue weighted by Gasteiger charge is 2.48. The molecule has 0 radical (unpaired) electrons. The summed E-state index contributed by atoms with van der Waals surface area (Å²) in [6, 6.07) is 12.3. The molecule has 0 atom stereocenters. The molecular formula is C30H52N2O2Si2. The summed E-state index contributed by atoms with van der Waals surface area (Å²) in [6.07, 6.45) is 0. The average Bonchev–Trinajstić information content (AvgIpc) is 2.76. The van der Waals surface area contributed by atoms with Gasteiger partial charge in [0.1, 0.15) is 11.5 Å². The molecule has 0 unspecified atom stereocenters. The predicted octanol–water partition coefficient (Wildman–Crippen LogP) is 9.63. The summed E-state index contributed by atoms with van der Waals surface area (Å²) < 4.78 is 13.9. The standard InChI is InChI=1S/C30H52N2O2Si2/c1-19(2)35(20(3)4,21(5)6)33-29-17-25(13-15-27(29)31)26-14-16-28(32)30(18-26)34-36(22(7)8,23(9)10)24(11)12/h13-24H,31-32H2,1-12H3. The Labute approximate surface area is 223 Å². The third kappa shape index (κ3) is 5.64. The van der Waals surface area contributed by atoms with E-state index in [1.54, 1.807) is 0 Å². The van der Waals surface area contributed by atoms with Crippen LogP contribution < -0.4 is 20.3 Å². The van der Waals surface area contributed by atoms with E-state index >= 15 is 0 Å². The van der Waals surface area contributed by atoms with E-state index in [1.165, 1.54) is 0 Å². The van der Waals surface area contributed by atoms with Gasteiger partial charge in [0.15, 0.2) is 0 Å². The van der Waals surface area contributed by atoms with Gasteiger partial charge in [0.25, 0.3) is 16.6 Å². The Hall–Kier alpha value is -1.93. The summed E-state index contributed by atoms with van der Waals surface area (Å²) in [7, 11) is -4.26. The molecule has 0 spiro atoms. The van der Waals surface area contributed by atoms with Gasteiger partial charge >= 0.3 is 0 Å². The van der Waals surface area contributed by atoms with Gasteiger partial charge in [-0.25, -0.2) is 0 Å². The first-order chi connectivity index (χ1) is 16.6. The van der Waals surface area contributed by atoms with Gasteiger partial charge in [0, 0.05) is 0 Å². The lowest BCUT2D eigenvalue weighted by Crippen LogP contribution is -2.50. The molecule has 36 heavy (non-hydrogen) atoms. The smallest absolute Gasteiger partial charge is 0.258 e. The first kappa shape index (κ1) is 30.3. The number of nitrogen functional groups attached to an aromatic ring is 2. The van der Waals surface area contributed by atoms with Crippen molar-refractivity contribution in [3.05, 3.63) is 36.4 Å². The third-order valence-corrected chi connectivity index (χ3v) is 20.3. The number of nitrogens with two attached hydrogens (primary N) is 2. The van der Waals surface area contributed by atoms with Crippen molar-refractivity contribution in [1.29, 1.82) is 0 Å². The molecule has 0 bridgehead atoms. The van der Waals surface area contributed by atoms with E-state index in [2.05, 4.69) is 107 Å². The van der Waals surface area contributed by atoms with Crippen LogP contribution in [0.25, 0.3) is 11.1 Å². The first-order valence-corrected chi connectivity index (χ1v) is 18.1. The Bertz CT molecular complexity index is 891. The van der Waals surface area contributed by atoms with Crippen LogP contribution >= 0.6 is 0 Å². The molecule has 4 nitrogen and oxygen atoms in total. The minimum absolute atomic E-state index is 0.471. The quantitative estimate of drug-likeness (QED) is 0.225. The van der Waals surface area contributed by atoms with E-state index in [9.17, 15) is 0 Å². The van der Waals surface area contributed by atoms with Crippen molar-refractivity contribution >= 4 is 28.0 Å². The van der Waals surface area contributed by atoms with Crippen molar-refractivity contribution in [2.24, 2.45) is 0 Å². The Balaban J connectivity index is 2.58. The van der Waals surface area contributed by atoms with Crippen LogP contribution in [-0.2, 0) is 0 Å². The fourth-order valence-electron chi connectivity index (χ4n) is 6.69. The van der Waals surface area contributed by atoms with E-state index in [4.69, 9.17) is 20.3 Å². The number of rotatable bonds is 11. The zero-order chi connectivity index (χ0) is 27.6. The van der Waals surface area contributed by atoms with Crippen LogP contribution in [-0.4, -0.2) is 16.6 Å². The largest absolute Gasteiger partial charge is 0.541 e. The Morgan fingerprint density at radius 2 is 0.722 bits per heavy atom. The van der Waals surface area contributed by atoms with Crippen LogP contribution in [0, 0.1) is 0 Å². The second-order valence-electron chi connectivity index (χ2n) is 12.3. The van der Waals surface area contributed by atoms with E-state index in [-0.39, 0.29) is 0 Å². The number of hydrogen-bond acceptors (Lipinski definition) is 4. The molecule has 4 N–H and O–H groups in total. The highest BCUT2D eigenvalue weighted by Crippen LogP contribution is 2.46. The SMILES string of the molecule is CC(C)[Si](Oc1cc(-c2ccc(N)c(O[Si](C(C)C)(C(C)C)C(C)C)c2)ccc1N)(C(C)C)C(C)C. The lowest BCUT2D eigenvalue weighted by atomic mass is 10.0. The van der Waals surface area contributed by atoms with Crippen molar-refractivity contribution in [3.8, 4) is 22.6 Å². The van der Waals surface area contributed by atoms with E-state index in [1.807, 2.05) is 12.1 Å². The van der Waals surface area contributed by atoms with Gasteiger partial charge in [-0.1, -0.05) is 95.2 Å². The molecule has 0 fully saturated rings. The predicted molar refractivity (Wildman–Crippen MR) is 164 cm³/mol. The van der Waals surface area contributed by atoms with Gasteiger partial charge in [-0.3, -0.25) is 0 Å². The van der Waals surface area contributed by atoms with Crippen LogP contribution in [0.3, 0.4) is 0 Å². The topological polar surface area (TPSA) is 70.5 Å². The molecular weight excluding hydrogens is 477 g/mol. The normalized spacial score (nSPS) is 13.1. The molecule has 0 saturated carbocycles. The van der Waals surface area contributed by atoms with Crippen LogP contribution in [0.15, 0.2) is 36.4 Å². The monoisotopic (exact) mass is 528 g/mol.